The summed E-state index contributed by atoms with van der Waals surface area (Å²) >= 11 is 3.17. The number of Topliss-reactive ketones (excluding diaryl/α,β-unsaturated/α-hetero) is 1. The van der Waals surface area contributed by atoms with E-state index >= 15 is 0 Å². The number of hydrogen-bond acceptors (Lipinski definition) is 2. The summed E-state index contributed by atoms with van der Waals surface area (Å²) in [5.74, 6) is -0.522. The quantitative estimate of drug-likeness (QED) is 0.925. The zero-order valence-corrected chi connectivity index (χ0v) is 11.0. The second-order valence-electron chi connectivity index (χ2n) is 4.11. The summed E-state index contributed by atoms with van der Waals surface area (Å²) in [5.41, 5.74) is 5.32. The lowest BCUT2D eigenvalue weighted by molar-refractivity contribution is -0.123. The van der Waals surface area contributed by atoms with Gasteiger partial charge in [-0.2, -0.15) is 0 Å². The first kappa shape index (κ1) is 13.3. The minimum atomic E-state index is -0.875. The first-order valence-electron chi connectivity index (χ1n) is 5.13. The number of ketones is 1. The van der Waals surface area contributed by atoms with Crippen molar-refractivity contribution in [2.24, 2.45) is 5.73 Å². The Kier molecular flexibility index (Phi) is 4.21. The Morgan fingerprint density at radius 2 is 2.19 bits per heavy atom. The van der Waals surface area contributed by atoms with Crippen LogP contribution in [0.5, 0.6) is 0 Å². The van der Waals surface area contributed by atoms with Gasteiger partial charge in [-0.1, -0.05) is 28.9 Å². The lowest BCUT2D eigenvalue weighted by Crippen LogP contribution is -2.45. The van der Waals surface area contributed by atoms with Crippen LogP contribution in [0.3, 0.4) is 0 Å². The molecule has 2 nitrogen and oxygen atoms in total. The molecule has 0 bridgehead atoms. The maximum Gasteiger partial charge on any atom is 0.156 e. The van der Waals surface area contributed by atoms with Gasteiger partial charge in [-0.25, -0.2) is 4.39 Å². The molecule has 1 atom stereocenters. The molecule has 16 heavy (non-hydrogen) atoms. The zero-order valence-electron chi connectivity index (χ0n) is 9.39. The molecule has 1 rings (SSSR count). The van der Waals surface area contributed by atoms with Gasteiger partial charge in [0.15, 0.2) is 5.78 Å². The van der Waals surface area contributed by atoms with E-state index < -0.39 is 5.54 Å². The van der Waals surface area contributed by atoms with Crippen LogP contribution in [0, 0.1) is 5.82 Å². The second kappa shape index (κ2) is 5.06. The minimum absolute atomic E-state index is 0.0416. The SMILES string of the molecule is CCC(C)(N)C(=O)Cc1ccc(Br)cc1F. The average molecular weight is 288 g/mol. The third-order valence-corrected chi connectivity index (χ3v) is 3.23. The van der Waals surface area contributed by atoms with Crippen molar-refractivity contribution in [1.29, 1.82) is 0 Å². The van der Waals surface area contributed by atoms with Gasteiger partial charge in [-0.05, 0) is 31.0 Å². The number of halogens is 2. The summed E-state index contributed by atoms with van der Waals surface area (Å²) in [6.45, 7) is 3.52. The molecular formula is C12H15BrFNO. The molecule has 0 saturated carbocycles. The van der Waals surface area contributed by atoms with Gasteiger partial charge >= 0.3 is 0 Å². The van der Waals surface area contributed by atoms with Crippen molar-refractivity contribution in [2.45, 2.75) is 32.2 Å². The highest BCUT2D eigenvalue weighted by molar-refractivity contribution is 9.10. The van der Waals surface area contributed by atoms with E-state index in [0.717, 1.165) is 0 Å². The van der Waals surface area contributed by atoms with E-state index in [1.807, 2.05) is 6.92 Å². The molecule has 0 aliphatic rings. The molecule has 0 aromatic heterocycles. The van der Waals surface area contributed by atoms with Gasteiger partial charge in [-0.15, -0.1) is 0 Å². The van der Waals surface area contributed by atoms with Crippen LogP contribution in [-0.4, -0.2) is 11.3 Å². The van der Waals surface area contributed by atoms with Crippen LogP contribution in [0.2, 0.25) is 0 Å². The molecule has 4 heteroatoms. The molecule has 0 aliphatic carbocycles. The van der Waals surface area contributed by atoms with Crippen molar-refractivity contribution in [3.63, 3.8) is 0 Å². The van der Waals surface area contributed by atoms with Crippen LogP contribution in [0.15, 0.2) is 22.7 Å². The molecule has 0 heterocycles. The van der Waals surface area contributed by atoms with Gasteiger partial charge < -0.3 is 5.73 Å². The van der Waals surface area contributed by atoms with Crippen molar-refractivity contribution in [1.82, 2.24) is 0 Å². The summed E-state index contributed by atoms with van der Waals surface area (Å²) in [7, 11) is 0. The Bertz CT molecular complexity index is 404. The maximum atomic E-state index is 13.5. The molecule has 88 valence electrons. The van der Waals surface area contributed by atoms with Gasteiger partial charge in [0, 0.05) is 10.9 Å². The predicted molar refractivity (Wildman–Crippen MR) is 65.7 cm³/mol. The molecule has 1 unspecified atom stereocenters. The van der Waals surface area contributed by atoms with Gasteiger partial charge in [-0.3, -0.25) is 4.79 Å². The third-order valence-electron chi connectivity index (χ3n) is 2.74. The third kappa shape index (κ3) is 3.12. The molecule has 0 fully saturated rings. The van der Waals surface area contributed by atoms with Crippen LogP contribution in [0.25, 0.3) is 0 Å². The number of benzene rings is 1. The van der Waals surface area contributed by atoms with Crippen molar-refractivity contribution in [3.05, 3.63) is 34.1 Å². The standard InChI is InChI=1S/C12H15BrFNO/c1-3-12(2,15)11(16)6-8-4-5-9(13)7-10(8)14/h4-5,7H,3,6,15H2,1-2H3. The lowest BCUT2D eigenvalue weighted by atomic mass is 9.90. The Labute approximate surface area is 103 Å². The van der Waals surface area contributed by atoms with Crippen molar-refractivity contribution in [2.75, 3.05) is 0 Å². The Morgan fingerprint density at radius 3 is 2.69 bits per heavy atom. The Morgan fingerprint density at radius 1 is 1.56 bits per heavy atom. The molecule has 0 saturated heterocycles. The van der Waals surface area contributed by atoms with Crippen LogP contribution in [0.1, 0.15) is 25.8 Å². The molecule has 2 N–H and O–H groups in total. The van der Waals surface area contributed by atoms with Crippen LogP contribution in [0.4, 0.5) is 4.39 Å². The van der Waals surface area contributed by atoms with E-state index in [1.54, 1.807) is 19.1 Å². The van der Waals surface area contributed by atoms with Crippen LogP contribution < -0.4 is 5.73 Å². The summed E-state index contributed by atoms with van der Waals surface area (Å²) in [6, 6.07) is 4.66. The smallest absolute Gasteiger partial charge is 0.156 e. The number of carbonyl (C=O) groups excluding carboxylic acids is 1. The molecule has 0 aliphatic heterocycles. The van der Waals surface area contributed by atoms with Crippen LogP contribution in [-0.2, 0) is 11.2 Å². The fourth-order valence-corrected chi connectivity index (χ4v) is 1.57. The first-order chi connectivity index (χ1) is 7.36. The fraction of sp³-hybridized carbons (Fsp3) is 0.417. The summed E-state index contributed by atoms with van der Waals surface area (Å²) in [6.07, 6.45) is 0.587. The van der Waals surface area contributed by atoms with Gasteiger partial charge in [0.25, 0.3) is 0 Å². The minimum Gasteiger partial charge on any atom is -0.319 e. The monoisotopic (exact) mass is 287 g/mol. The van der Waals surface area contributed by atoms with E-state index in [9.17, 15) is 9.18 Å². The Balaban J connectivity index is 2.85. The Hall–Kier alpha value is -0.740. The van der Waals surface area contributed by atoms with Crippen LogP contribution >= 0.6 is 15.9 Å². The molecule has 0 radical (unpaired) electrons. The molecular weight excluding hydrogens is 273 g/mol. The van der Waals surface area contributed by atoms with E-state index in [1.165, 1.54) is 6.07 Å². The van der Waals surface area contributed by atoms with E-state index in [2.05, 4.69) is 15.9 Å². The van der Waals surface area contributed by atoms with Crippen molar-refractivity contribution >= 4 is 21.7 Å². The zero-order chi connectivity index (χ0) is 12.3. The summed E-state index contributed by atoms with van der Waals surface area (Å²) in [4.78, 5) is 11.8. The highest BCUT2D eigenvalue weighted by Gasteiger charge is 2.26. The first-order valence-corrected chi connectivity index (χ1v) is 5.92. The highest BCUT2D eigenvalue weighted by Crippen LogP contribution is 2.18. The molecule has 1 aromatic carbocycles. The molecule has 1 aromatic rings. The van der Waals surface area contributed by atoms with E-state index in [-0.39, 0.29) is 18.0 Å². The molecule has 0 amide bonds. The summed E-state index contributed by atoms with van der Waals surface area (Å²) < 4.78 is 14.1. The average Bonchev–Trinajstić information content (AvgIpc) is 2.22. The number of hydrogen-bond donors (Lipinski definition) is 1. The normalized spacial score (nSPS) is 14.6. The van der Waals surface area contributed by atoms with E-state index in [4.69, 9.17) is 5.73 Å². The second-order valence-corrected chi connectivity index (χ2v) is 5.02. The fourth-order valence-electron chi connectivity index (χ4n) is 1.24. The van der Waals surface area contributed by atoms with Crippen molar-refractivity contribution in [3.8, 4) is 0 Å². The van der Waals surface area contributed by atoms with Gasteiger partial charge in [0.05, 0.1) is 5.54 Å². The lowest BCUT2D eigenvalue weighted by Gasteiger charge is -2.20. The number of rotatable bonds is 4. The number of nitrogens with two attached hydrogens (primary N) is 1. The topological polar surface area (TPSA) is 43.1 Å². The summed E-state index contributed by atoms with van der Waals surface area (Å²) in [5, 5.41) is 0. The number of carbonyl (C=O) groups is 1. The van der Waals surface area contributed by atoms with Gasteiger partial charge in [0.1, 0.15) is 5.82 Å². The van der Waals surface area contributed by atoms with Gasteiger partial charge in [0.2, 0.25) is 0 Å². The largest absolute Gasteiger partial charge is 0.319 e. The van der Waals surface area contributed by atoms with Crippen molar-refractivity contribution < 1.29 is 9.18 Å². The van der Waals surface area contributed by atoms with E-state index in [0.29, 0.717) is 16.5 Å². The molecule has 0 spiro atoms. The predicted octanol–water partition coefficient (Wildman–Crippen LogP) is 2.83. The highest BCUT2D eigenvalue weighted by atomic mass is 79.9. The maximum absolute atomic E-state index is 13.5.